The molecular weight excluding hydrogens is 296 g/mol. The summed E-state index contributed by atoms with van der Waals surface area (Å²) in [4.78, 5) is 7.80. The number of hydrogen-bond donors (Lipinski definition) is 0. The Morgan fingerprint density at radius 1 is 1.47 bits per heavy atom. The summed E-state index contributed by atoms with van der Waals surface area (Å²) in [6.07, 6.45) is 4.74. The molecule has 0 N–H and O–H groups in total. The Morgan fingerprint density at radius 3 is 2.94 bits per heavy atom. The van der Waals surface area contributed by atoms with Crippen LogP contribution in [0, 0.1) is 0 Å². The van der Waals surface area contributed by atoms with Gasteiger partial charge in [0.05, 0.1) is 10.2 Å². The smallest absolute Gasteiger partial charge is 0.0592 e. The first kappa shape index (κ1) is 12.6. The lowest BCUT2D eigenvalue weighted by molar-refractivity contribution is 0.687. The molecule has 0 saturated heterocycles. The molecule has 1 atom stereocenters. The van der Waals surface area contributed by atoms with E-state index >= 15 is 0 Å². The molecule has 2 rings (SSSR count). The molecule has 2 aromatic rings. The number of halogens is 1. The highest BCUT2D eigenvalue weighted by Gasteiger charge is 2.13. The molecule has 0 radical (unpaired) electrons. The van der Waals surface area contributed by atoms with Gasteiger partial charge in [0.2, 0.25) is 0 Å². The largest absolute Gasteiger partial charge is 0.371 e. The summed E-state index contributed by atoms with van der Waals surface area (Å²) < 4.78 is 1.04. The molecule has 4 heteroatoms. The van der Waals surface area contributed by atoms with Crippen molar-refractivity contribution in [3.8, 4) is 0 Å². The third kappa shape index (κ3) is 3.07. The van der Waals surface area contributed by atoms with E-state index in [1.165, 1.54) is 10.6 Å². The Labute approximate surface area is 114 Å². The minimum absolute atomic E-state index is 0.465. The second-order valence-electron chi connectivity index (χ2n) is 4.07. The van der Waals surface area contributed by atoms with Gasteiger partial charge in [0.15, 0.2) is 0 Å². The average molecular weight is 311 g/mol. The number of nitrogens with zero attached hydrogens (tertiary/aromatic N) is 2. The number of aromatic nitrogens is 1. The molecule has 0 aliphatic rings. The van der Waals surface area contributed by atoms with E-state index in [1.54, 1.807) is 0 Å². The minimum Gasteiger partial charge on any atom is -0.371 e. The van der Waals surface area contributed by atoms with Crippen molar-refractivity contribution in [3.63, 3.8) is 0 Å². The number of thiophene rings is 1. The van der Waals surface area contributed by atoms with Gasteiger partial charge in [-0.3, -0.25) is 4.98 Å². The van der Waals surface area contributed by atoms with Crippen LogP contribution >= 0.6 is 27.3 Å². The minimum atomic E-state index is 0.465. The van der Waals surface area contributed by atoms with Crippen LogP contribution in [0.2, 0.25) is 0 Å². The highest BCUT2D eigenvalue weighted by Crippen LogP contribution is 2.26. The highest BCUT2D eigenvalue weighted by molar-refractivity contribution is 9.10. The molecule has 2 heterocycles. The van der Waals surface area contributed by atoms with Crippen molar-refractivity contribution in [1.82, 2.24) is 4.98 Å². The number of rotatable bonds is 4. The molecule has 0 aromatic carbocycles. The Morgan fingerprint density at radius 2 is 2.29 bits per heavy atom. The van der Waals surface area contributed by atoms with Crippen molar-refractivity contribution in [3.05, 3.63) is 45.3 Å². The van der Waals surface area contributed by atoms with E-state index in [2.05, 4.69) is 57.3 Å². The number of anilines is 1. The number of likely N-dealkylation sites (N-methyl/N-ethyl adjacent to an activating group) is 1. The third-order valence-corrected chi connectivity index (χ3v) is 4.38. The fourth-order valence-electron chi connectivity index (χ4n) is 1.75. The summed E-state index contributed by atoms with van der Waals surface area (Å²) in [6.45, 7) is 2.24. The average Bonchev–Trinajstić information content (AvgIpc) is 2.81. The molecule has 90 valence electrons. The molecule has 0 amide bonds. The molecule has 2 nitrogen and oxygen atoms in total. The van der Waals surface area contributed by atoms with Crippen LogP contribution in [0.4, 0.5) is 5.69 Å². The van der Waals surface area contributed by atoms with E-state index < -0.39 is 0 Å². The first-order valence-corrected chi connectivity index (χ1v) is 7.20. The van der Waals surface area contributed by atoms with Crippen molar-refractivity contribution < 1.29 is 0 Å². The first-order chi connectivity index (χ1) is 8.18. The fraction of sp³-hybridized carbons (Fsp3) is 0.308. The van der Waals surface area contributed by atoms with E-state index in [9.17, 15) is 0 Å². The van der Waals surface area contributed by atoms with Crippen LogP contribution in [0.25, 0.3) is 0 Å². The highest BCUT2D eigenvalue weighted by atomic mass is 79.9. The van der Waals surface area contributed by atoms with Crippen LogP contribution in [0.15, 0.2) is 40.4 Å². The Kier molecular flexibility index (Phi) is 4.18. The summed E-state index contributed by atoms with van der Waals surface area (Å²) in [7, 11) is 2.12. The van der Waals surface area contributed by atoms with Gasteiger partial charge < -0.3 is 4.90 Å². The van der Waals surface area contributed by atoms with Crippen molar-refractivity contribution in [2.75, 3.05) is 11.9 Å². The lowest BCUT2D eigenvalue weighted by Crippen LogP contribution is -2.30. The summed E-state index contributed by atoms with van der Waals surface area (Å²) in [5.41, 5.74) is 1.18. The van der Waals surface area contributed by atoms with Gasteiger partial charge in [-0.1, -0.05) is 6.07 Å². The molecule has 0 bridgehead atoms. The van der Waals surface area contributed by atoms with Crippen LogP contribution < -0.4 is 4.90 Å². The van der Waals surface area contributed by atoms with Gasteiger partial charge in [-0.15, -0.1) is 11.3 Å². The van der Waals surface area contributed by atoms with Crippen LogP contribution in [-0.4, -0.2) is 18.1 Å². The predicted molar refractivity (Wildman–Crippen MR) is 77.8 cm³/mol. The number of hydrogen-bond acceptors (Lipinski definition) is 3. The molecule has 0 aliphatic carbocycles. The maximum atomic E-state index is 4.09. The topological polar surface area (TPSA) is 16.1 Å². The number of pyridine rings is 1. The molecule has 0 aliphatic heterocycles. The Balaban J connectivity index is 2.09. The quantitative estimate of drug-likeness (QED) is 0.849. The zero-order chi connectivity index (χ0) is 12.3. The van der Waals surface area contributed by atoms with E-state index in [4.69, 9.17) is 0 Å². The predicted octanol–water partition coefficient (Wildman–Crippen LogP) is 3.97. The van der Waals surface area contributed by atoms with Crippen LogP contribution in [0.5, 0.6) is 0 Å². The SMILES string of the molecule is CC(Cc1cccs1)N(C)c1ccncc1Br. The molecular formula is C13H15BrN2S. The lowest BCUT2D eigenvalue weighted by Gasteiger charge is -2.27. The molecule has 0 saturated carbocycles. The van der Waals surface area contributed by atoms with Gasteiger partial charge >= 0.3 is 0 Å². The fourth-order valence-corrected chi connectivity index (χ4v) is 3.10. The van der Waals surface area contributed by atoms with Gasteiger partial charge in [-0.05, 0) is 40.4 Å². The van der Waals surface area contributed by atoms with Gasteiger partial charge in [0, 0.05) is 36.8 Å². The Bertz CT molecular complexity index is 470. The standard InChI is InChI=1S/C13H15BrN2S/c1-10(8-11-4-3-7-17-11)16(2)13-5-6-15-9-12(13)14/h3-7,9-10H,8H2,1-2H3. The Hall–Kier alpha value is -0.870. The molecule has 17 heavy (non-hydrogen) atoms. The zero-order valence-corrected chi connectivity index (χ0v) is 12.3. The second kappa shape index (κ2) is 5.65. The van der Waals surface area contributed by atoms with E-state index in [0.717, 1.165) is 10.9 Å². The molecule has 0 spiro atoms. The second-order valence-corrected chi connectivity index (χ2v) is 5.96. The summed E-state index contributed by atoms with van der Waals surface area (Å²) >= 11 is 5.36. The third-order valence-electron chi connectivity index (χ3n) is 2.87. The van der Waals surface area contributed by atoms with Crippen LogP contribution in [-0.2, 0) is 6.42 Å². The van der Waals surface area contributed by atoms with Gasteiger partial charge in [0.1, 0.15) is 0 Å². The van der Waals surface area contributed by atoms with Crippen molar-refractivity contribution >= 4 is 33.0 Å². The van der Waals surface area contributed by atoms with E-state index in [-0.39, 0.29) is 0 Å². The lowest BCUT2D eigenvalue weighted by atomic mass is 10.1. The van der Waals surface area contributed by atoms with Gasteiger partial charge in [-0.25, -0.2) is 0 Å². The van der Waals surface area contributed by atoms with Crippen molar-refractivity contribution in [2.24, 2.45) is 0 Å². The molecule has 2 aromatic heterocycles. The summed E-state index contributed by atoms with van der Waals surface area (Å²) in [6, 6.07) is 6.80. The van der Waals surface area contributed by atoms with Crippen molar-refractivity contribution in [2.45, 2.75) is 19.4 Å². The van der Waals surface area contributed by atoms with E-state index in [0.29, 0.717) is 6.04 Å². The van der Waals surface area contributed by atoms with Crippen LogP contribution in [0.1, 0.15) is 11.8 Å². The normalized spacial score (nSPS) is 12.4. The van der Waals surface area contributed by atoms with Crippen LogP contribution in [0.3, 0.4) is 0 Å². The van der Waals surface area contributed by atoms with E-state index in [1.807, 2.05) is 29.8 Å². The summed E-state index contributed by atoms with van der Waals surface area (Å²) in [5, 5.41) is 2.13. The monoisotopic (exact) mass is 310 g/mol. The molecule has 1 unspecified atom stereocenters. The zero-order valence-electron chi connectivity index (χ0n) is 9.93. The molecule has 0 fully saturated rings. The van der Waals surface area contributed by atoms with Crippen molar-refractivity contribution in [1.29, 1.82) is 0 Å². The summed E-state index contributed by atoms with van der Waals surface area (Å²) in [5.74, 6) is 0. The maximum absolute atomic E-state index is 4.09. The van der Waals surface area contributed by atoms with Gasteiger partial charge in [0.25, 0.3) is 0 Å². The maximum Gasteiger partial charge on any atom is 0.0592 e. The van der Waals surface area contributed by atoms with Gasteiger partial charge in [-0.2, -0.15) is 0 Å². The first-order valence-electron chi connectivity index (χ1n) is 5.53.